The van der Waals surface area contributed by atoms with Crippen LogP contribution in [0, 0.1) is 3.57 Å². The van der Waals surface area contributed by atoms with E-state index in [-0.39, 0.29) is 5.75 Å². The van der Waals surface area contributed by atoms with Crippen LogP contribution in [-0.4, -0.2) is 17.9 Å². The lowest BCUT2D eigenvalue weighted by molar-refractivity contribution is 0.474. The first-order valence-electron chi connectivity index (χ1n) is 6.83. The highest BCUT2D eigenvalue weighted by molar-refractivity contribution is 14.1. The van der Waals surface area contributed by atoms with Crippen LogP contribution in [0.1, 0.15) is 16.7 Å². The Labute approximate surface area is 147 Å². The molecule has 0 spiro atoms. The van der Waals surface area contributed by atoms with Crippen LogP contribution in [0.4, 0.5) is 0 Å². The first-order valence-corrected chi connectivity index (χ1v) is 8.29. The van der Waals surface area contributed by atoms with Crippen molar-refractivity contribution in [3.8, 4) is 5.75 Å². The minimum Gasteiger partial charge on any atom is -0.506 e. The molecule has 0 saturated carbocycles. The van der Waals surface area contributed by atoms with E-state index in [1.165, 1.54) is 9.13 Å². The van der Waals surface area contributed by atoms with Gasteiger partial charge in [0.1, 0.15) is 5.75 Å². The van der Waals surface area contributed by atoms with Gasteiger partial charge in [-0.2, -0.15) is 0 Å². The third-order valence-corrected chi connectivity index (χ3v) is 4.44. The van der Waals surface area contributed by atoms with E-state index in [2.05, 4.69) is 51.1 Å². The second-order valence-electron chi connectivity index (χ2n) is 5.04. The number of nitrogens with zero attached hydrogens (tertiary/aromatic N) is 1. The molecular formula is C17H14ClIN2O. The zero-order valence-electron chi connectivity index (χ0n) is 11.7. The zero-order chi connectivity index (χ0) is 15.5. The van der Waals surface area contributed by atoms with Crippen molar-refractivity contribution < 1.29 is 5.11 Å². The highest BCUT2D eigenvalue weighted by Crippen LogP contribution is 2.25. The number of rotatable bonds is 3. The fraction of sp³-hybridized carbons (Fsp3) is 0.118. The molecular weight excluding hydrogens is 411 g/mol. The van der Waals surface area contributed by atoms with E-state index in [9.17, 15) is 5.11 Å². The fourth-order valence-corrected chi connectivity index (χ4v) is 2.94. The number of benzene rings is 2. The molecule has 0 bridgehead atoms. The van der Waals surface area contributed by atoms with Gasteiger partial charge in [-0.15, -0.1) is 0 Å². The van der Waals surface area contributed by atoms with Gasteiger partial charge in [0.2, 0.25) is 0 Å². The average molecular weight is 425 g/mol. The summed E-state index contributed by atoms with van der Waals surface area (Å²) in [5.41, 5.74) is 4.49. The molecule has 0 radical (unpaired) electrons. The van der Waals surface area contributed by atoms with Crippen molar-refractivity contribution in [3.63, 3.8) is 0 Å². The quantitative estimate of drug-likeness (QED) is 0.725. The molecule has 2 aromatic rings. The van der Waals surface area contributed by atoms with Gasteiger partial charge in [0, 0.05) is 22.5 Å². The van der Waals surface area contributed by atoms with Crippen LogP contribution in [-0.2, 0) is 6.54 Å². The van der Waals surface area contributed by atoms with Gasteiger partial charge in [-0.3, -0.25) is 4.99 Å². The first kappa shape index (κ1) is 15.4. The second-order valence-corrected chi connectivity index (χ2v) is 6.69. The summed E-state index contributed by atoms with van der Waals surface area (Å²) in [6.45, 7) is 1.29. The molecule has 0 amide bonds. The van der Waals surface area contributed by atoms with E-state index in [1.54, 1.807) is 12.1 Å². The predicted molar refractivity (Wildman–Crippen MR) is 99.6 cm³/mol. The maximum atomic E-state index is 9.61. The minimum absolute atomic E-state index is 0.107. The number of aromatic hydroxyl groups is 1. The molecule has 0 aliphatic carbocycles. The van der Waals surface area contributed by atoms with Crippen molar-refractivity contribution in [2.24, 2.45) is 4.99 Å². The first-order chi connectivity index (χ1) is 10.6. The van der Waals surface area contributed by atoms with Gasteiger partial charge < -0.3 is 10.4 Å². The lowest BCUT2D eigenvalue weighted by atomic mass is 9.99. The van der Waals surface area contributed by atoms with Crippen LogP contribution < -0.4 is 5.32 Å². The fourth-order valence-electron chi connectivity index (χ4n) is 2.33. The molecule has 5 heteroatoms. The minimum atomic E-state index is 0.107. The smallest absolute Gasteiger partial charge is 0.134 e. The van der Waals surface area contributed by atoms with Crippen molar-refractivity contribution in [3.05, 3.63) is 67.9 Å². The summed E-state index contributed by atoms with van der Waals surface area (Å²) in [4.78, 5) is 4.39. The monoisotopic (exact) mass is 424 g/mol. The number of phenolic OH excluding ortho intramolecular Hbond substituents is 1. The Hall–Kier alpha value is -1.53. The Kier molecular flexibility index (Phi) is 4.69. The van der Waals surface area contributed by atoms with Crippen LogP contribution in [0.5, 0.6) is 5.75 Å². The number of aliphatic imine (C=N–C) groups is 1. The van der Waals surface area contributed by atoms with E-state index < -0.39 is 0 Å². The van der Waals surface area contributed by atoms with Gasteiger partial charge in [0.05, 0.1) is 11.6 Å². The Morgan fingerprint density at radius 2 is 2.14 bits per heavy atom. The summed E-state index contributed by atoms with van der Waals surface area (Å²) in [5, 5.41) is 13.3. The van der Waals surface area contributed by atoms with Crippen LogP contribution in [0.3, 0.4) is 0 Å². The molecule has 2 aromatic carbocycles. The molecule has 1 aliphatic rings. The summed E-state index contributed by atoms with van der Waals surface area (Å²) in [7, 11) is 0. The Bertz CT molecular complexity index is 771. The van der Waals surface area contributed by atoms with Gasteiger partial charge in [0.15, 0.2) is 0 Å². The molecule has 0 unspecified atom stereocenters. The second kappa shape index (κ2) is 6.71. The summed E-state index contributed by atoms with van der Waals surface area (Å²) >= 11 is 8.13. The van der Waals surface area contributed by atoms with Crippen molar-refractivity contribution >= 4 is 46.0 Å². The third-order valence-electron chi connectivity index (χ3n) is 3.45. The Morgan fingerprint density at radius 1 is 1.27 bits per heavy atom. The maximum absolute atomic E-state index is 9.61. The Morgan fingerprint density at radius 3 is 2.95 bits per heavy atom. The van der Waals surface area contributed by atoms with E-state index in [1.807, 2.05) is 18.5 Å². The normalized spacial score (nSPS) is 14.9. The number of phenols is 1. The summed E-state index contributed by atoms with van der Waals surface area (Å²) < 4.78 is 1.21. The molecule has 1 heterocycles. The number of halogens is 2. The molecule has 3 nitrogen and oxygen atoms in total. The molecule has 0 saturated heterocycles. The molecule has 2 N–H and O–H groups in total. The Balaban J connectivity index is 1.75. The van der Waals surface area contributed by atoms with Gasteiger partial charge in [-0.25, -0.2) is 0 Å². The lowest BCUT2D eigenvalue weighted by Crippen LogP contribution is -2.09. The number of hydrogen-bond donors (Lipinski definition) is 2. The van der Waals surface area contributed by atoms with Gasteiger partial charge in [-0.05, 0) is 69.1 Å². The van der Waals surface area contributed by atoms with E-state index in [4.69, 9.17) is 11.6 Å². The van der Waals surface area contributed by atoms with E-state index in [0.717, 1.165) is 16.7 Å². The van der Waals surface area contributed by atoms with Crippen LogP contribution in [0.2, 0.25) is 5.02 Å². The molecule has 1 aliphatic heterocycles. The molecule has 112 valence electrons. The van der Waals surface area contributed by atoms with E-state index in [0.29, 0.717) is 18.1 Å². The van der Waals surface area contributed by atoms with Crippen molar-refractivity contribution in [2.75, 3.05) is 6.54 Å². The lowest BCUT2D eigenvalue weighted by Gasteiger charge is -2.14. The largest absolute Gasteiger partial charge is 0.506 e. The van der Waals surface area contributed by atoms with Crippen molar-refractivity contribution in [1.29, 1.82) is 0 Å². The topological polar surface area (TPSA) is 44.6 Å². The SMILES string of the molecule is Oc1cc(CN/C=C2\CN=Cc3ccc(I)cc32)ccc1Cl. The molecule has 22 heavy (non-hydrogen) atoms. The summed E-state index contributed by atoms with van der Waals surface area (Å²) in [5.74, 6) is 0.107. The van der Waals surface area contributed by atoms with Gasteiger partial charge in [0.25, 0.3) is 0 Å². The van der Waals surface area contributed by atoms with Crippen LogP contribution in [0.25, 0.3) is 5.57 Å². The predicted octanol–water partition coefficient (Wildman–Crippen LogP) is 4.21. The summed E-state index contributed by atoms with van der Waals surface area (Å²) in [6, 6.07) is 11.6. The number of nitrogens with one attached hydrogen (secondary N) is 1. The van der Waals surface area contributed by atoms with Crippen LogP contribution in [0.15, 0.2) is 47.6 Å². The highest BCUT2D eigenvalue weighted by Gasteiger charge is 2.11. The highest BCUT2D eigenvalue weighted by atomic mass is 127. The molecule has 0 fully saturated rings. The van der Waals surface area contributed by atoms with E-state index >= 15 is 0 Å². The van der Waals surface area contributed by atoms with Crippen molar-refractivity contribution in [2.45, 2.75) is 6.54 Å². The van der Waals surface area contributed by atoms with Crippen molar-refractivity contribution in [1.82, 2.24) is 5.32 Å². The summed E-state index contributed by atoms with van der Waals surface area (Å²) in [6.07, 6.45) is 3.91. The average Bonchev–Trinajstić information content (AvgIpc) is 2.51. The molecule has 0 aromatic heterocycles. The number of fused-ring (bicyclic) bond motifs is 1. The zero-order valence-corrected chi connectivity index (χ0v) is 14.6. The van der Waals surface area contributed by atoms with Gasteiger partial charge >= 0.3 is 0 Å². The number of hydrogen-bond acceptors (Lipinski definition) is 3. The molecule has 3 rings (SSSR count). The maximum Gasteiger partial charge on any atom is 0.134 e. The third kappa shape index (κ3) is 3.44. The molecule has 0 atom stereocenters. The van der Waals surface area contributed by atoms with Crippen LogP contribution >= 0.6 is 34.2 Å². The van der Waals surface area contributed by atoms with Gasteiger partial charge in [-0.1, -0.05) is 23.7 Å². The standard InChI is InChI=1S/C17H14ClIN2O/c18-16-4-1-11(5-17(16)22)7-20-9-13-10-21-8-12-2-3-14(19)6-15(12)13/h1-6,8-9,20,22H,7,10H2/b13-9+.